The first-order valence-corrected chi connectivity index (χ1v) is 7.98. The molecule has 0 spiro atoms. The summed E-state index contributed by atoms with van der Waals surface area (Å²) in [5.74, 6) is 0.226. The Morgan fingerprint density at radius 1 is 0.720 bits per heavy atom. The van der Waals surface area contributed by atoms with Crippen molar-refractivity contribution in [2.45, 2.75) is 5.92 Å². The highest BCUT2D eigenvalue weighted by Gasteiger charge is 2.17. The highest BCUT2D eigenvalue weighted by Crippen LogP contribution is 2.33. The third-order valence-electron chi connectivity index (χ3n) is 4.19. The van der Waals surface area contributed by atoms with Crippen molar-refractivity contribution in [2.75, 3.05) is 7.05 Å². The van der Waals surface area contributed by atoms with Crippen LogP contribution in [0.3, 0.4) is 0 Å². The highest BCUT2D eigenvalue weighted by molar-refractivity contribution is 5.94. The summed E-state index contributed by atoms with van der Waals surface area (Å²) in [6.45, 7) is 0. The maximum absolute atomic E-state index is 11.7. The van der Waals surface area contributed by atoms with Gasteiger partial charge in [-0.2, -0.15) is 0 Å². The van der Waals surface area contributed by atoms with Gasteiger partial charge < -0.3 is 15.5 Å². The number of phenols is 2. The zero-order valence-electron chi connectivity index (χ0n) is 13.8. The number of phenolic OH excluding ortho intramolecular Hbond substituents is 2. The molecule has 4 nitrogen and oxygen atoms in total. The predicted octanol–water partition coefficient (Wildman–Crippen LogP) is 3.64. The number of carbonyl (C=O) groups is 1. The quantitative estimate of drug-likeness (QED) is 0.639. The van der Waals surface area contributed by atoms with E-state index in [1.54, 1.807) is 43.4 Å². The van der Waals surface area contributed by atoms with Gasteiger partial charge in [0.05, 0.1) is 0 Å². The van der Waals surface area contributed by atoms with Gasteiger partial charge in [-0.05, 0) is 53.1 Å². The van der Waals surface area contributed by atoms with Gasteiger partial charge in [0.1, 0.15) is 11.5 Å². The molecule has 3 aromatic rings. The van der Waals surface area contributed by atoms with E-state index in [4.69, 9.17) is 0 Å². The normalized spacial score (nSPS) is 10.6. The van der Waals surface area contributed by atoms with Crippen molar-refractivity contribution in [1.29, 1.82) is 0 Å². The Balaban J connectivity index is 2.05. The molecule has 0 saturated carbocycles. The summed E-state index contributed by atoms with van der Waals surface area (Å²) in [6, 6.07) is 21.6. The number of hydrogen-bond acceptors (Lipinski definition) is 3. The van der Waals surface area contributed by atoms with Crippen molar-refractivity contribution in [1.82, 2.24) is 5.32 Å². The van der Waals surface area contributed by atoms with Crippen LogP contribution in [0, 0.1) is 0 Å². The van der Waals surface area contributed by atoms with Crippen molar-refractivity contribution in [3.63, 3.8) is 0 Å². The molecule has 0 saturated heterocycles. The molecule has 0 radical (unpaired) electrons. The van der Waals surface area contributed by atoms with E-state index in [-0.39, 0.29) is 23.3 Å². The average Bonchev–Trinajstić information content (AvgIpc) is 2.65. The Morgan fingerprint density at radius 2 is 1.08 bits per heavy atom. The summed E-state index contributed by atoms with van der Waals surface area (Å²) in [4.78, 5) is 11.7. The molecule has 0 heterocycles. The lowest BCUT2D eigenvalue weighted by Crippen LogP contribution is -2.17. The Hall–Kier alpha value is -3.27. The number of carbonyl (C=O) groups excluding carboxylic acids is 1. The van der Waals surface area contributed by atoms with Gasteiger partial charge in [-0.3, -0.25) is 4.79 Å². The second kappa shape index (κ2) is 7.09. The summed E-state index contributed by atoms with van der Waals surface area (Å²) in [5, 5.41) is 21.7. The van der Waals surface area contributed by atoms with Crippen LogP contribution in [0.25, 0.3) is 0 Å². The summed E-state index contributed by atoms with van der Waals surface area (Å²) in [7, 11) is 1.60. The zero-order chi connectivity index (χ0) is 17.8. The standard InChI is InChI=1S/C21H19NO3/c1-22-21(25)17-4-2-14(3-5-17)20(15-6-10-18(23)11-7-15)16-8-12-19(24)13-9-16/h2-13,20,23-24H,1H3,(H,22,25). The Labute approximate surface area is 146 Å². The fourth-order valence-corrected chi connectivity index (χ4v) is 2.88. The van der Waals surface area contributed by atoms with Crippen molar-refractivity contribution in [3.05, 3.63) is 95.1 Å². The molecule has 0 unspecified atom stereocenters. The summed E-state index contributed by atoms with van der Waals surface area (Å²) < 4.78 is 0. The van der Waals surface area contributed by atoms with Gasteiger partial charge in [-0.15, -0.1) is 0 Å². The lowest BCUT2D eigenvalue weighted by atomic mass is 9.85. The second-order valence-electron chi connectivity index (χ2n) is 5.82. The van der Waals surface area contributed by atoms with Crippen molar-refractivity contribution in [3.8, 4) is 11.5 Å². The van der Waals surface area contributed by atoms with Crippen LogP contribution in [0.1, 0.15) is 33.0 Å². The molecule has 0 fully saturated rings. The molecule has 3 rings (SSSR count). The van der Waals surface area contributed by atoms with Gasteiger partial charge in [0.25, 0.3) is 5.91 Å². The number of aromatic hydroxyl groups is 2. The maximum Gasteiger partial charge on any atom is 0.251 e. The second-order valence-corrected chi connectivity index (χ2v) is 5.82. The van der Waals surface area contributed by atoms with Crippen LogP contribution in [0.4, 0.5) is 0 Å². The number of rotatable bonds is 4. The van der Waals surface area contributed by atoms with Gasteiger partial charge in [-0.1, -0.05) is 36.4 Å². The Morgan fingerprint density at radius 3 is 1.44 bits per heavy atom. The van der Waals surface area contributed by atoms with E-state index in [0.29, 0.717) is 5.56 Å². The molecule has 1 amide bonds. The number of amides is 1. The molecule has 3 aromatic carbocycles. The number of benzene rings is 3. The SMILES string of the molecule is CNC(=O)c1ccc(C(c2ccc(O)cc2)c2ccc(O)cc2)cc1. The average molecular weight is 333 g/mol. The van der Waals surface area contributed by atoms with Crippen LogP contribution in [0.5, 0.6) is 11.5 Å². The fourth-order valence-electron chi connectivity index (χ4n) is 2.88. The van der Waals surface area contributed by atoms with Crippen LogP contribution in [0.15, 0.2) is 72.8 Å². The number of hydrogen-bond donors (Lipinski definition) is 3. The first-order valence-electron chi connectivity index (χ1n) is 7.98. The first kappa shape index (κ1) is 16.6. The molecule has 0 aliphatic rings. The molecule has 0 bridgehead atoms. The molecule has 0 aliphatic carbocycles. The summed E-state index contributed by atoms with van der Waals surface area (Å²) in [6.07, 6.45) is 0. The molecule has 3 N–H and O–H groups in total. The highest BCUT2D eigenvalue weighted by atomic mass is 16.3. The lowest BCUT2D eigenvalue weighted by molar-refractivity contribution is 0.0963. The van der Waals surface area contributed by atoms with Crippen LogP contribution in [-0.4, -0.2) is 23.2 Å². The van der Waals surface area contributed by atoms with E-state index < -0.39 is 0 Å². The van der Waals surface area contributed by atoms with E-state index in [1.165, 1.54) is 0 Å². The monoisotopic (exact) mass is 333 g/mol. The van der Waals surface area contributed by atoms with Gasteiger partial charge in [0.15, 0.2) is 0 Å². The molecule has 25 heavy (non-hydrogen) atoms. The largest absolute Gasteiger partial charge is 0.508 e. The fraction of sp³-hybridized carbons (Fsp3) is 0.0952. The van der Waals surface area contributed by atoms with Gasteiger partial charge in [0, 0.05) is 18.5 Å². The third-order valence-corrected chi connectivity index (χ3v) is 4.19. The van der Waals surface area contributed by atoms with Gasteiger partial charge in [-0.25, -0.2) is 0 Å². The van der Waals surface area contributed by atoms with Crippen LogP contribution in [0.2, 0.25) is 0 Å². The summed E-state index contributed by atoms with van der Waals surface area (Å²) in [5.41, 5.74) is 3.64. The minimum atomic E-state index is -0.127. The molecular weight excluding hydrogens is 314 g/mol. The minimum absolute atomic E-state index is 0.0695. The molecule has 126 valence electrons. The lowest BCUT2D eigenvalue weighted by Gasteiger charge is -2.19. The van der Waals surface area contributed by atoms with Crippen LogP contribution in [-0.2, 0) is 0 Å². The topological polar surface area (TPSA) is 69.6 Å². The van der Waals surface area contributed by atoms with Crippen LogP contribution >= 0.6 is 0 Å². The van der Waals surface area contributed by atoms with Crippen molar-refractivity contribution < 1.29 is 15.0 Å². The zero-order valence-corrected chi connectivity index (χ0v) is 13.8. The number of nitrogens with one attached hydrogen (secondary N) is 1. The van der Waals surface area contributed by atoms with Gasteiger partial charge in [0.2, 0.25) is 0 Å². The Kier molecular flexibility index (Phi) is 4.70. The first-order chi connectivity index (χ1) is 12.1. The van der Waals surface area contributed by atoms with Crippen molar-refractivity contribution in [2.24, 2.45) is 0 Å². The Bertz CT molecular complexity index is 808. The maximum atomic E-state index is 11.7. The van der Waals surface area contributed by atoms with E-state index >= 15 is 0 Å². The van der Waals surface area contributed by atoms with E-state index in [0.717, 1.165) is 16.7 Å². The van der Waals surface area contributed by atoms with Crippen molar-refractivity contribution >= 4 is 5.91 Å². The summed E-state index contributed by atoms with van der Waals surface area (Å²) >= 11 is 0. The third kappa shape index (κ3) is 3.63. The van der Waals surface area contributed by atoms with Gasteiger partial charge >= 0.3 is 0 Å². The molecule has 4 heteroatoms. The molecule has 0 aromatic heterocycles. The van der Waals surface area contributed by atoms with E-state index in [1.807, 2.05) is 36.4 Å². The van der Waals surface area contributed by atoms with Crippen LogP contribution < -0.4 is 5.32 Å². The minimum Gasteiger partial charge on any atom is -0.508 e. The van der Waals surface area contributed by atoms with E-state index in [9.17, 15) is 15.0 Å². The van der Waals surface area contributed by atoms with E-state index in [2.05, 4.69) is 5.32 Å². The molecule has 0 atom stereocenters. The smallest absolute Gasteiger partial charge is 0.251 e. The molecule has 0 aliphatic heterocycles. The predicted molar refractivity (Wildman–Crippen MR) is 97.0 cm³/mol. The molecular formula is C21H19NO3.